The molecule has 0 radical (unpaired) electrons. The molecule has 0 spiro atoms. The lowest BCUT2D eigenvalue weighted by Gasteiger charge is -2.38. The lowest BCUT2D eigenvalue weighted by molar-refractivity contribution is -0.147. The molecule has 2 aliphatic heterocycles. The van der Waals surface area contributed by atoms with E-state index in [1.165, 1.54) is 6.08 Å². The van der Waals surface area contributed by atoms with E-state index in [4.69, 9.17) is 49.1 Å². The number of carbonyl (C=O) groups is 4. The summed E-state index contributed by atoms with van der Waals surface area (Å²) in [6.07, 6.45) is -2.81. The van der Waals surface area contributed by atoms with Crippen molar-refractivity contribution in [2.24, 2.45) is 22.4 Å². The number of carbonyl (C=O) groups excluding carboxylic acids is 3. The number of aliphatic carboxylic acids is 1. The van der Waals surface area contributed by atoms with Gasteiger partial charge in [0, 0.05) is 53.7 Å². The van der Waals surface area contributed by atoms with Crippen molar-refractivity contribution in [1.29, 1.82) is 5.26 Å². The van der Waals surface area contributed by atoms with E-state index in [1.54, 1.807) is 34.7 Å². The Morgan fingerprint density at radius 1 is 0.899 bits per heavy atom. The van der Waals surface area contributed by atoms with Crippen LogP contribution in [0.1, 0.15) is 68.3 Å². The Hall–Kier alpha value is -9.30. The normalized spacial score (nSPS) is 17.2. The molecular formula is C62H72N12O15. The van der Waals surface area contributed by atoms with Crippen LogP contribution in [0, 0.1) is 17.2 Å². The number of amides is 2. The lowest BCUT2D eigenvalue weighted by Crippen LogP contribution is -2.52. The summed E-state index contributed by atoms with van der Waals surface area (Å²) in [5, 5.41) is 59.0. The second-order valence-corrected chi connectivity index (χ2v) is 21.4. The minimum absolute atomic E-state index is 0.00858. The molecule has 9 N–H and O–H groups in total. The number of carboxylic acid groups (broad SMARTS) is 1. The molecule has 0 fully saturated rings. The highest BCUT2D eigenvalue weighted by Crippen LogP contribution is 2.42. The molecule has 3 aliphatic rings. The minimum atomic E-state index is -1.63. The average molecular weight is 1230 g/mol. The van der Waals surface area contributed by atoms with Gasteiger partial charge in [-0.05, 0) is 73.7 Å². The number of rotatable bonds is 29. The van der Waals surface area contributed by atoms with Crippen molar-refractivity contribution >= 4 is 35.6 Å². The summed E-state index contributed by atoms with van der Waals surface area (Å²) in [5.74, 6) is -2.44. The van der Waals surface area contributed by atoms with Gasteiger partial charge in [-0.3, -0.25) is 9.59 Å². The molecule has 2 aromatic heterocycles. The third-order valence-corrected chi connectivity index (χ3v) is 15.0. The van der Waals surface area contributed by atoms with Crippen LogP contribution < -0.4 is 31.7 Å². The van der Waals surface area contributed by atoms with Crippen molar-refractivity contribution in [1.82, 2.24) is 35.8 Å². The number of hydrogen-bond acceptors (Lipinski definition) is 21. The third-order valence-electron chi connectivity index (χ3n) is 15.0. The number of carboxylic acids is 1. The van der Waals surface area contributed by atoms with E-state index in [0.717, 1.165) is 46.4 Å². The van der Waals surface area contributed by atoms with Crippen molar-refractivity contribution in [3.05, 3.63) is 119 Å². The van der Waals surface area contributed by atoms with Crippen LogP contribution in [0.3, 0.4) is 0 Å². The number of alkyl carbamates (subject to hydrolysis) is 1. The molecule has 89 heavy (non-hydrogen) atoms. The van der Waals surface area contributed by atoms with Crippen molar-refractivity contribution in [2.75, 3.05) is 70.8 Å². The van der Waals surface area contributed by atoms with Gasteiger partial charge in [0.05, 0.1) is 94.8 Å². The Morgan fingerprint density at radius 2 is 1.64 bits per heavy atom. The molecule has 2 amide bonds. The number of para-hydroxylation sites is 1. The van der Waals surface area contributed by atoms with Crippen LogP contribution in [0.15, 0.2) is 106 Å². The SMILES string of the molecule is CC(C)Oc1ccc(-c2nc(-c3cccc4c3CC[C@@H]4NCCOC(=O)CCC(=O)N3Cc4ccccc4-c4c(nnn4CCOCCOCCOCCNC(=O)O[C@@H]([C@@H]4OC(C(=O)O)=C[C@H](N=C(N)N)[C@H]4C)[C@H](O)CO)-c4ccccc43)no2)cc1C#N. The number of aliphatic hydroxyl groups is 2. The first kappa shape index (κ1) is 64.2. The van der Waals surface area contributed by atoms with Crippen LogP contribution >= 0.6 is 0 Å². The largest absolute Gasteiger partial charge is 0.490 e. The van der Waals surface area contributed by atoms with E-state index in [-0.39, 0.29) is 96.2 Å². The first-order chi connectivity index (χ1) is 43.1. The molecule has 0 unspecified atom stereocenters. The van der Waals surface area contributed by atoms with Crippen LogP contribution in [-0.2, 0) is 62.3 Å². The Kier molecular flexibility index (Phi) is 22.0. The number of ether oxygens (including phenoxy) is 7. The fraction of sp³-hybridized carbons (Fsp3) is 0.419. The number of anilines is 1. The lowest BCUT2D eigenvalue weighted by atomic mass is 9.87. The van der Waals surface area contributed by atoms with Crippen molar-refractivity contribution in [3.8, 4) is 57.2 Å². The summed E-state index contributed by atoms with van der Waals surface area (Å²) in [6, 6.07) is 27.7. The van der Waals surface area contributed by atoms with Crippen molar-refractivity contribution in [3.63, 3.8) is 0 Å². The number of nitrogens with two attached hydrogens (primary N) is 2. The van der Waals surface area contributed by atoms with Gasteiger partial charge >= 0.3 is 18.0 Å². The van der Waals surface area contributed by atoms with Gasteiger partial charge < -0.3 is 80.0 Å². The van der Waals surface area contributed by atoms with E-state index >= 15 is 0 Å². The van der Waals surface area contributed by atoms with Crippen LogP contribution in [0.5, 0.6) is 5.75 Å². The number of nitrogens with zero attached hydrogens (tertiary/aromatic N) is 8. The molecule has 6 aromatic rings. The predicted octanol–water partition coefficient (Wildman–Crippen LogP) is 4.58. The summed E-state index contributed by atoms with van der Waals surface area (Å²) in [4.78, 5) is 62.2. The Balaban J connectivity index is 0.694. The van der Waals surface area contributed by atoms with Gasteiger partial charge in [0.25, 0.3) is 5.89 Å². The molecule has 4 aromatic carbocycles. The fourth-order valence-electron chi connectivity index (χ4n) is 10.8. The number of hydrogen-bond donors (Lipinski definition) is 7. The van der Waals surface area contributed by atoms with E-state index in [0.29, 0.717) is 58.6 Å². The van der Waals surface area contributed by atoms with Crippen LogP contribution in [0.4, 0.5) is 10.5 Å². The maximum absolute atomic E-state index is 14.2. The summed E-state index contributed by atoms with van der Waals surface area (Å²) in [7, 11) is 0. The summed E-state index contributed by atoms with van der Waals surface area (Å²) < 4.78 is 46.9. The molecule has 0 bridgehead atoms. The minimum Gasteiger partial charge on any atom is -0.490 e. The standard InChI is InChI=1S/C62H72N12O15/c1-36(2)86-50-18-15-38(31-40(50)33-63)59-69-58(71-89-59)44-13-8-12-43-42(44)16-17-46(43)66-22-25-85-53(78)20-19-52(77)73-34-39-9-4-5-10-41(39)55-54(45-11-6-7-14-48(45)73)70-72-74(55)23-26-83-28-30-84-29-27-82-24-21-67-62(81)88-57(49(76)35-75)56-37(3)47(68-61(64)65)32-51(87-56)60(79)80/h4-15,18,31-32,36-37,46-47,49,56-57,66,75-76H,16-17,19-30,34-35H2,1-3H3,(H,67,81)(H,79,80)(H4,64,65,68)/t37-,46+,47+,49-,56-,57-/m1/s1. The Morgan fingerprint density at radius 3 is 2.39 bits per heavy atom. The topological polar surface area (TPSA) is 379 Å². The molecule has 0 saturated heterocycles. The van der Waals surface area contributed by atoms with Crippen LogP contribution in [0.2, 0.25) is 0 Å². The third kappa shape index (κ3) is 16.1. The second-order valence-electron chi connectivity index (χ2n) is 21.4. The molecule has 4 heterocycles. The van der Waals surface area contributed by atoms with Crippen LogP contribution in [-0.4, -0.2) is 167 Å². The van der Waals surface area contributed by atoms with Gasteiger partial charge in [-0.1, -0.05) is 78.0 Å². The first-order valence-electron chi connectivity index (χ1n) is 29.3. The van der Waals surface area contributed by atoms with E-state index < -0.39 is 60.7 Å². The van der Waals surface area contributed by atoms with Crippen molar-refractivity contribution < 1.29 is 72.2 Å². The van der Waals surface area contributed by atoms with Gasteiger partial charge in [0.15, 0.2) is 12.1 Å². The van der Waals surface area contributed by atoms with Gasteiger partial charge in [0.1, 0.15) is 36.3 Å². The molecule has 1 aliphatic carbocycles. The molecular weight excluding hydrogens is 1150 g/mol. The summed E-state index contributed by atoms with van der Waals surface area (Å²) >= 11 is 0. The number of benzene rings is 4. The number of fused-ring (bicyclic) bond motifs is 6. The number of nitriles is 1. The molecule has 6 atom stereocenters. The number of aliphatic hydroxyl groups excluding tert-OH is 2. The Bertz CT molecular complexity index is 3560. The van der Waals surface area contributed by atoms with Crippen molar-refractivity contribution in [2.45, 2.75) is 96.0 Å². The van der Waals surface area contributed by atoms with Crippen LogP contribution in [0.25, 0.3) is 45.4 Å². The van der Waals surface area contributed by atoms with E-state index in [1.807, 2.05) is 74.5 Å². The molecule has 9 rings (SSSR count). The smallest absolute Gasteiger partial charge is 0.407 e. The first-order valence-corrected chi connectivity index (χ1v) is 29.3. The summed E-state index contributed by atoms with van der Waals surface area (Å²) in [6.45, 7) is 7.03. The number of nitrogens with one attached hydrogen (secondary N) is 2. The number of guanidine groups is 1. The number of aromatic nitrogens is 5. The zero-order valence-corrected chi connectivity index (χ0v) is 49.5. The maximum atomic E-state index is 14.2. The molecule has 470 valence electrons. The Labute approximate surface area is 512 Å². The highest BCUT2D eigenvalue weighted by molar-refractivity contribution is 6.01. The number of esters is 1. The maximum Gasteiger partial charge on any atom is 0.407 e. The van der Waals surface area contributed by atoms with E-state index in [2.05, 4.69) is 48.2 Å². The fourth-order valence-corrected chi connectivity index (χ4v) is 10.8. The predicted molar refractivity (Wildman–Crippen MR) is 320 cm³/mol. The van der Waals surface area contributed by atoms with Gasteiger partial charge in [-0.2, -0.15) is 10.2 Å². The monoisotopic (exact) mass is 1220 g/mol. The van der Waals surface area contributed by atoms with Gasteiger partial charge in [-0.25, -0.2) is 19.3 Å². The quantitative estimate of drug-likeness (QED) is 0.0146. The molecule has 27 heteroatoms. The van der Waals surface area contributed by atoms with Gasteiger partial charge in [0.2, 0.25) is 17.5 Å². The zero-order valence-electron chi connectivity index (χ0n) is 49.5. The molecule has 27 nitrogen and oxygen atoms in total. The summed E-state index contributed by atoms with van der Waals surface area (Å²) in [5.41, 5.74) is 19.5. The highest BCUT2D eigenvalue weighted by atomic mass is 16.6. The van der Waals surface area contributed by atoms with E-state index in [9.17, 15) is 39.8 Å². The number of aliphatic imine (C=N–C) groups is 1. The van der Waals surface area contributed by atoms with Gasteiger partial charge in [-0.15, -0.1) is 5.10 Å². The molecule has 0 saturated carbocycles. The second kappa shape index (κ2) is 30.6. The zero-order chi connectivity index (χ0) is 63.0. The average Bonchev–Trinajstić information content (AvgIpc) is 1.92. The highest BCUT2D eigenvalue weighted by Gasteiger charge is 2.44.